The van der Waals surface area contributed by atoms with Gasteiger partial charge in [-0.1, -0.05) is 0 Å². The van der Waals surface area contributed by atoms with Crippen LogP contribution < -0.4 is 19.1 Å². The van der Waals surface area contributed by atoms with Crippen molar-refractivity contribution >= 4 is 37.3 Å². The third-order valence-electron chi connectivity index (χ3n) is 5.73. The number of ether oxygens (including phenoxy) is 3. The molecule has 0 unspecified atom stereocenters. The van der Waals surface area contributed by atoms with Gasteiger partial charge in [0.15, 0.2) is 11.5 Å². The van der Waals surface area contributed by atoms with Crippen LogP contribution in [0.5, 0.6) is 11.5 Å². The molecule has 2 aliphatic rings. The highest BCUT2D eigenvalue weighted by atomic mass is 32.2. The lowest BCUT2D eigenvalue weighted by atomic mass is 10.2. The van der Waals surface area contributed by atoms with E-state index < -0.39 is 20.0 Å². The molecule has 1 N–H and O–H groups in total. The van der Waals surface area contributed by atoms with Crippen molar-refractivity contribution in [1.29, 1.82) is 0 Å². The van der Waals surface area contributed by atoms with E-state index in [0.717, 1.165) is 6.26 Å². The molecular formula is C23H29N3O8S2. The topological polar surface area (TPSA) is 132 Å². The molecule has 13 heteroatoms. The molecule has 2 aromatic carbocycles. The average Bonchev–Trinajstić information content (AvgIpc) is 2.86. The van der Waals surface area contributed by atoms with E-state index in [9.17, 15) is 21.6 Å². The molecule has 0 aliphatic carbocycles. The molecule has 1 fully saturated rings. The maximum absolute atomic E-state index is 12.7. The molecule has 196 valence electrons. The summed E-state index contributed by atoms with van der Waals surface area (Å²) in [5, 5.41) is 2.72. The molecule has 0 radical (unpaired) electrons. The molecule has 11 nitrogen and oxygen atoms in total. The predicted molar refractivity (Wildman–Crippen MR) is 134 cm³/mol. The summed E-state index contributed by atoms with van der Waals surface area (Å²) in [6.45, 7) is 2.24. The molecule has 0 saturated carbocycles. The van der Waals surface area contributed by atoms with Gasteiger partial charge in [0.25, 0.3) is 0 Å². The Bertz CT molecular complexity index is 1290. The number of hydrogen-bond donors (Lipinski definition) is 1. The van der Waals surface area contributed by atoms with Crippen LogP contribution in [0.2, 0.25) is 0 Å². The fourth-order valence-corrected chi connectivity index (χ4v) is 6.29. The van der Waals surface area contributed by atoms with Crippen molar-refractivity contribution in [2.24, 2.45) is 0 Å². The molecular weight excluding hydrogens is 510 g/mol. The van der Waals surface area contributed by atoms with Crippen molar-refractivity contribution < 1.29 is 35.8 Å². The molecule has 36 heavy (non-hydrogen) atoms. The Labute approximate surface area is 211 Å². The van der Waals surface area contributed by atoms with Crippen LogP contribution in [0.1, 0.15) is 12.8 Å². The zero-order chi connectivity index (χ0) is 25.8. The molecule has 0 aromatic heterocycles. The molecule has 0 spiro atoms. The van der Waals surface area contributed by atoms with E-state index in [1.54, 1.807) is 18.2 Å². The van der Waals surface area contributed by atoms with Gasteiger partial charge in [-0.15, -0.1) is 0 Å². The molecule has 4 rings (SSSR count). The number of benzene rings is 2. The first-order valence-electron chi connectivity index (χ1n) is 11.5. The lowest BCUT2D eigenvalue weighted by molar-refractivity contribution is -0.116. The Morgan fingerprint density at radius 3 is 2.28 bits per heavy atom. The third kappa shape index (κ3) is 6.27. The van der Waals surface area contributed by atoms with E-state index in [2.05, 4.69) is 5.32 Å². The van der Waals surface area contributed by atoms with Gasteiger partial charge in [0, 0.05) is 37.8 Å². The second-order valence-corrected chi connectivity index (χ2v) is 12.2. The van der Waals surface area contributed by atoms with Crippen LogP contribution in [0.15, 0.2) is 47.4 Å². The lowest BCUT2D eigenvalue weighted by Crippen LogP contribution is -2.40. The number of nitrogens with zero attached hydrogens (tertiary/aromatic N) is 2. The summed E-state index contributed by atoms with van der Waals surface area (Å²) in [5.74, 6) is 0.722. The van der Waals surface area contributed by atoms with Gasteiger partial charge in [-0.3, -0.25) is 9.10 Å². The molecule has 0 atom stereocenters. The first-order chi connectivity index (χ1) is 17.1. The molecule has 1 amide bonds. The SMILES string of the molecule is CS(=O)(=O)N(CCCC(=O)Nc1ccc(S(=O)(=O)N2CCOCC2)cc1)c1ccc2c(c1)OCCO2. The largest absolute Gasteiger partial charge is 0.486 e. The van der Waals surface area contributed by atoms with E-state index >= 15 is 0 Å². The smallest absolute Gasteiger partial charge is 0.243 e. The number of hydrogen-bond acceptors (Lipinski definition) is 8. The number of amides is 1. The van der Waals surface area contributed by atoms with Crippen molar-refractivity contribution in [1.82, 2.24) is 4.31 Å². The van der Waals surface area contributed by atoms with Crippen LogP contribution >= 0.6 is 0 Å². The van der Waals surface area contributed by atoms with Gasteiger partial charge < -0.3 is 19.5 Å². The second-order valence-electron chi connectivity index (χ2n) is 8.36. The Balaban J connectivity index is 1.33. The number of sulfonamides is 2. The van der Waals surface area contributed by atoms with Gasteiger partial charge in [-0.25, -0.2) is 16.8 Å². The maximum Gasteiger partial charge on any atom is 0.243 e. The van der Waals surface area contributed by atoms with E-state index in [1.165, 1.54) is 32.9 Å². The van der Waals surface area contributed by atoms with Crippen LogP contribution in [-0.2, 0) is 29.6 Å². The van der Waals surface area contributed by atoms with Crippen molar-refractivity contribution in [2.75, 3.05) is 61.9 Å². The Morgan fingerprint density at radius 2 is 1.61 bits per heavy atom. The highest BCUT2D eigenvalue weighted by Gasteiger charge is 2.26. The van der Waals surface area contributed by atoms with Crippen LogP contribution in [0.25, 0.3) is 0 Å². The summed E-state index contributed by atoms with van der Waals surface area (Å²) < 4.78 is 69.0. The maximum atomic E-state index is 12.7. The van der Waals surface area contributed by atoms with Gasteiger partial charge in [0.1, 0.15) is 13.2 Å². The minimum atomic E-state index is -3.62. The van der Waals surface area contributed by atoms with Gasteiger partial charge in [-0.2, -0.15) is 4.31 Å². The van der Waals surface area contributed by atoms with E-state index in [4.69, 9.17) is 14.2 Å². The number of fused-ring (bicyclic) bond motifs is 1. The zero-order valence-electron chi connectivity index (χ0n) is 19.9. The monoisotopic (exact) mass is 539 g/mol. The van der Waals surface area contributed by atoms with Crippen molar-refractivity contribution in [2.45, 2.75) is 17.7 Å². The summed E-state index contributed by atoms with van der Waals surface area (Å²) in [6.07, 6.45) is 1.46. The summed E-state index contributed by atoms with van der Waals surface area (Å²) >= 11 is 0. The Kier molecular flexibility index (Phi) is 8.03. The molecule has 0 bridgehead atoms. The van der Waals surface area contributed by atoms with Gasteiger partial charge in [0.2, 0.25) is 26.0 Å². The van der Waals surface area contributed by atoms with Crippen molar-refractivity contribution in [3.8, 4) is 11.5 Å². The number of anilines is 2. The number of rotatable bonds is 9. The number of carbonyl (C=O) groups is 1. The molecule has 2 aromatic rings. The second kappa shape index (κ2) is 11.0. The van der Waals surface area contributed by atoms with Crippen LogP contribution in [0.3, 0.4) is 0 Å². The lowest BCUT2D eigenvalue weighted by Gasteiger charge is -2.26. The summed E-state index contributed by atoms with van der Waals surface area (Å²) in [5.41, 5.74) is 0.881. The molecule has 1 saturated heterocycles. The van der Waals surface area contributed by atoms with E-state index in [0.29, 0.717) is 62.4 Å². The first kappa shape index (κ1) is 26.2. The Morgan fingerprint density at radius 1 is 0.944 bits per heavy atom. The number of carbonyl (C=O) groups excluding carboxylic acids is 1. The van der Waals surface area contributed by atoms with Crippen LogP contribution in [0, 0.1) is 0 Å². The summed E-state index contributed by atoms with van der Waals surface area (Å²) in [6, 6.07) is 10.9. The number of nitrogens with one attached hydrogen (secondary N) is 1. The third-order valence-corrected chi connectivity index (χ3v) is 8.83. The van der Waals surface area contributed by atoms with E-state index in [1.807, 2.05) is 0 Å². The van der Waals surface area contributed by atoms with Crippen molar-refractivity contribution in [3.63, 3.8) is 0 Å². The molecule has 2 aliphatic heterocycles. The highest BCUT2D eigenvalue weighted by molar-refractivity contribution is 7.92. The number of morpholine rings is 1. The fourth-order valence-electron chi connectivity index (χ4n) is 3.93. The average molecular weight is 540 g/mol. The summed E-state index contributed by atoms with van der Waals surface area (Å²) in [7, 11) is -7.21. The standard InChI is InChI=1S/C23H29N3O8S2/c1-35(28,29)26(19-6-9-21-22(17-19)34-16-15-33-21)10-2-3-23(27)24-18-4-7-20(8-5-18)36(30,31)25-11-13-32-14-12-25/h4-9,17H,2-3,10-16H2,1H3,(H,24,27). The van der Waals surface area contributed by atoms with Gasteiger partial charge >= 0.3 is 0 Å². The minimum absolute atomic E-state index is 0.0738. The predicted octanol–water partition coefficient (Wildman–Crippen LogP) is 1.66. The normalized spacial score (nSPS) is 16.4. The van der Waals surface area contributed by atoms with E-state index in [-0.39, 0.29) is 30.2 Å². The van der Waals surface area contributed by atoms with Crippen LogP contribution in [0.4, 0.5) is 11.4 Å². The highest BCUT2D eigenvalue weighted by Crippen LogP contribution is 2.34. The van der Waals surface area contributed by atoms with Crippen molar-refractivity contribution in [3.05, 3.63) is 42.5 Å². The minimum Gasteiger partial charge on any atom is -0.486 e. The fraction of sp³-hybridized carbons (Fsp3) is 0.435. The Hall–Kier alpha value is -2.87. The van der Waals surface area contributed by atoms with Crippen LogP contribution in [-0.4, -0.2) is 79.4 Å². The quantitative estimate of drug-likeness (QED) is 0.509. The van der Waals surface area contributed by atoms with Gasteiger partial charge in [0.05, 0.1) is 30.1 Å². The first-order valence-corrected chi connectivity index (χ1v) is 14.8. The summed E-state index contributed by atoms with van der Waals surface area (Å²) in [4.78, 5) is 12.6. The van der Waals surface area contributed by atoms with Gasteiger partial charge in [-0.05, 0) is 42.8 Å². The zero-order valence-corrected chi connectivity index (χ0v) is 21.5. The molecule has 2 heterocycles.